The molecule has 6 heteroatoms. The number of ketones is 1. The van der Waals surface area contributed by atoms with Gasteiger partial charge in [0.2, 0.25) is 0 Å². The first kappa shape index (κ1) is 16.2. The normalized spacial score (nSPS) is 11.5. The molecule has 0 saturated heterocycles. The molecule has 1 aromatic carbocycles. The van der Waals surface area contributed by atoms with E-state index in [0.717, 1.165) is 0 Å². The van der Waals surface area contributed by atoms with E-state index < -0.39 is 5.82 Å². The Morgan fingerprint density at radius 3 is 2.65 bits per heavy atom. The maximum atomic E-state index is 12.9. The molecule has 0 fully saturated rings. The molecular formula is C17H14FN3O2. The molecule has 0 spiro atoms. The summed E-state index contributed by atoms with van der Waals surface area (Å²) in [6, 6.07) is 8.99. The van der Waals surface area contributed by atoms with Gasteiger partial charge in [0.15, 0.2) is 5.78 Å². The van der Waals surface area contributed by atoms with Gasteiger partial charge in [-0.3, -0.25) is 4.79 Å². The first-order valence-corrected chi connectivity index (χ1v) is 6.70. The van der Waals surface area contributed by atoms with Crippen LogP contribution in [-0.4, -0.2) is 23.7 Å². The van der Waals surface area contributed by atoms with E-state index in [-0.39, 0.29) is 11.4 Å². The summed E-state index contributed by atoms with van der Waals surface area (Å²) >= 11 is 0. The monoisotopic (exact) mass is 311 g/mol. The molecule has 0 aliphatic carbocycles. The van der Waals surface area contributed by atoms with E-state index in [1.807, 2.05) is 6.07 Å². The summed E-state index contributed by atoms with van der Waals surface area (Å²) in [5.74, 6) is -0.612. The van der Waals surface area contributed by atoms with Gasteiger partial charge < -0.3 is 9.40 Å². The number of nitrogens with zero attached hydrogens (tertiary/aromatic N) is 3. The predicted molar refractivity (Wildman–Crippen MR) is 84.3 cm³/mol. The number of oxime groups is 1. The van der Waals surface area contributed by atoms with Crippen LogP contribution in [0.2, 0.25) is 0 Å². The minimum atomic E-state index is -0.394. The zero-order valence-electron chi connectivity index (χ0n) is 12.7. The van der Waals surface area contributed by atoms with Crippen molar-refractivity contribution in [3.8, 4) is 6.07 Å². The van der Waals surface area contributed by atoms with Gasteiger partial charge >= 0.3 is 0 Å². The highest BCUT2D eigenvalue weighted by atomic mass is 19.1. The topological polar surface area (TPSA) is 67.4 Å². The minimum Gasteiger partial charge on any atom is -0.399 e. The summed E-state index contributed by atoms with van der Waals surface area (Å²) in [4.78, 5) is 16.9. The Morgan fingerprint density at radius 2 is 2.04 bits per heavy atom. The van der Waals surface area contributed by atoms with Crippen molar-refractivity contribution in [2.45, 2.75) is 0 Å². The van der Waals surface area contributed by atoms with Gasteiger partial charge in [0.25, 0.3) is 0 Å². The molecule has 0 aliphatic heterocycles. The maximum Gasteiger partial charge on any atom is 0.194 e. The summed E-state index contributed by atoms with van der Waals surface area (Å²) in [7, 11) is 3.14. The number of carbonyl (C=O) groups is 1. The zero-order chi connectivity index (χ0) is 16.8. The number of rotatable bonds is 5. The van der Waals surface area contributed by atoms with Gasteiger partial charge in [0.05, 0.1) is 11.8 Å². The van der Waals surface area contributed by atoms with Crippen molar-refractivity contribution >= 4 is 18.1 Å². The molecule has 1 aromatic heterocycles. The fourth-order valence-corrected chi connectivity index (χ4v) is 1.98. The van der Waals surface area contributed by atoms with Crippen LogP contribution in [0.15, 0.2) is 47.3 Å². The van der Waals surface area contributed by atoms with Gasteiger partial charge in [-0.2, -0.15) is 5.26 Å². The lowest BCUT2D eigenvalue weighted by Crippen LogP contribution is -1.99. The van der Waals surface area contributed by atoms with Crippen LogP contribution in [0.1, 0.15) is 21.6 Å². The van der Waals surface area contributed by atoms with Gasteiger partial charge in [-0.25, -0.2) is 4.39 Å². The Labute approximate surface area is 132 Å². The molecule has 0 atom stereocenters. The second-order valence-corrected chi connectivity index (χ2v) is 4.73. The molecule has 0 radical (unpaired) electrons. The van der Waals surface area contributed by atoms with E-state index in [4.69, 9.17) is 5.26 Å². The van der Waals surface area contributed by atoms with Gasteiger partial charge in [-0.15, -0.1) is 0 Å². The minimum absolute atomic E-state index is 0.218. The third-order valence-corrected chi connectivity index (χ3v) is 3.14. The van der Waals surface area contributed by atoms with Crippen LogP contribution in [0.5, 0.6) is 0 Å². The lowest BCUT2D eigenvalue weighted by atomic mass is 10.1. The Kier molecular flexibility index (Phi) is 5.05. The summed E-state index contributed by atoms with van der Waals surface area (Å²) < 4.78 is 14.6. The van der Waals surface area contributed by atoms with Gasteiger partial charge in [-0.05, 0) is 36.4 Å². The second-order valence-electron chi connectivity index (χ2n) is 4.73. The molecule has 0 amide bonds. The maximum absolute atomic E-state index is 12.9. The smallest absolute Gasteiger partial charge is 0.194 e. The molecule has 0 N–H and O–H groups in total. The predicted octanol–water partition coefficient (Wildman–Crippen LogP) is 2.93. The highest BCUT2D eigenvalue weighted by Crippen LogP contribution is 2.16. The Bertz CT molecular complexity index is 811. The molecular weight excluding hydrogens is 297 g/mol. The Morgan fingerprint density at radius 1 is 1.35 bits per heavy atom. The van der Waals surface area contributed by atoms with E-state index in [1.54, 1.807) is 30.0 Å². The first-order valence-electron chi connectivity index (χ1n) is 6.70. The molecule has 0 bridgehead atoms. The number of nitriles is 1. The third-order valence-electron chi connectivity index (χ3n) is 3.14. The van der Waals surface area contributed by atoms with Crippen LogP contribution in [0.3, 0.4) is 0 Å². The quantitative estimate of drug-likeness (QED) is 0.369. The van der Waals surface area contributed by atoms with E-state index in [1.165, 1.54) is 37.6 Å². The molecule has 23 heavy (non-hydrogen) atoms. The number of carbonyl (C=O) groups excluding carboxylic acids is 1. The summed E-state index contributed by atoms with van der Waals surface area (Å²) in [5, 5.41) is 12.6. The zero-order valence-corrected chi connectivity index (χ0v) is 12.7. The number of halogens is 1. The van der Waals surface area contributed by atoms with Crippen molar-refractivity contribution < 1.29 is 14.0 Å². The van der Waals surface area contributed by atoms with Crippen LogP contribution < -0.4 is 0 Å². The summed E-state index contributed by atoms with van der Waals surface area (Å²) in [5.41, 5.74) is 1.80. The standard InChI is InChI=1S/C17H14FN3O2/c1-21-11-14(17(22)13-3-5-15(18)6-4-13)8-16(21)7-12(9-19)10-20-23-2/h3-8,10-11H,1-2H3/b12-7+,20-10-. The number of hydrogen-bond donors (Lipinski definition) is 0. The largest absolute Gasteiger partial charge is 0.399 e. The molecule has 5 nitrogen and oxygen atoms in total. The van der Waals surface area contributed by atoms with E-state index >= 15 is 0 Å². The second kappa shape index (κ2) is 7.18. The average molecular weight is 311 g/mol. The number of allylic oxidation sites excluding steroid dienone is 1. The van der Waals surface area contributed by atoms with Gasteiger partial charge in [-0.1, -0.05) is 5.16 Å². The molecule has 2 rings (SSSR count). The van der Waals surface area contributed by atoms with E-state index in [0.29, 0.717) is 16.8 Å². The lowest BCUT2D eigenvalue weighted by molar-refractivity contribution is 0.103. The molecule has 0 unspecified atom stereocenters. The molecule has 116 valence electrons. The average Bonchev–Trinajstić information content (AvgIpc) is 2.92. The van der Waals surface area contributed by atoms with Crippen LogP contribution in [0, 0.1) is 17.1 Å². The molecule has 0 saturated carbocycles. The van der Waals surface area contributed by atoms with Crippen LogP contribution >= 0.6 is 0 Å². The van der Waals surface area contributed by atoms with Crippen molar-refractivity contribution in [3.05, 3.63) is 64.7 Å². The van der Waals surface area contributed by atoms with Gasteiger partial charge in [0, 0.05) is 30.1 Å². The highest BCUT2D eigenvalue weighted by molar-refractivity contribution is 6.09. The SMILES string of the molecule is CO/N=C\C(C#N)=C\c1cc(C(=O)c2ccc(F)cc2)cn1C. The summed E-state index contributed by atoms with van der Waals surface area (Å²) in [6.07, 6.45) is 4.53. The number of aromatic nitrogens is 1. The fourth-order valence-electron chi connectivity index (χ4n) is 1.98. The number of benzene rings is 1. The van der Waals surface area contributed by atoms with Crippen molar-refractivity contribution in [1.82, 2.24) is 4.57 Å². The molecule has 1 heterocycles. The van der Waals surface area contributed by atoms with Gasteiger partial charge in [0.1, 0.15) is 19.0 Å². The number of hydrogen-bond acceptors (Lipinski definition) is 4. The number of aryl methyl sites for hydroxylation is 1. The van der Waals surface area contributed by atoms with Crippen molar-refractivity contribution in [3.63, 3.8) is 0 Å². The van der Waals surface area contributed by atoms with Crippen LogP contribution in [-0.2, 0) is 11.9 Å². The summed E-state index contributed by atoms with van der Waals surface area (Å²) in [6.45, 7) is 0. The van der Waals surface area contributed by atoms with Crippen molar-refractivity contribution in [1.29, 1.82) is 5.26 Å². The Hall–Kier alpha value is -3.20. The highest BCUT2D eigenvalue weighted by Gasteiger charge is 2.12. The van der Waals surface area contributed by atoms with E-state index in [9.17, 15) is 9.18 Å². The first-order chi connectivity index (χ1) is 11.0. The van der Waals surface area contributed by atoms with E-state index in [2.05, 4.69) is 9.99 Å². The van der Waals surface area contributed by atoms with Crippen molar-refractivity contribution in [2.75, 3.05) is 7.11 Å². The third kappa shape index (κ3) is 3.92. The Balaban J connectivity index is 2.32. The van der Waals surface area contributed by atoms with Crippen molar-refractivity contribution in [2.24, 2.45) is 12.2 Å². The van der Waals surface area contributed by atoms with Crippen LogP contribution in [0.25, 0.3) is 6.08 Å². The fraction of sp³-hybridized carbons (Fsp3) is 0.118. The lowest BCUT2D eigenvalue weighted by Gasteiger charge is -1.97. The van der Waals surface area contributed by atoms with Crippen LogP contribution in [0.4, 0.5) is 4.39 Å². The molecule has 2 aromatic rings. The molecule has 0 aliphatic rings.